The van der Waals surface area contributed by atoms with E-state index in [1.54, 1.807) is 30.3 Å². The standard InChI is InChI=1S/C19H11BrO4/c20-15-7-3-1-5-11(15)9-12-10-14-17(24-18(12)21)13-6-2-4-8-16(13)23-19(14)22/h1-8,10H,9H2. The predicted octanol–water partition coefficient (Wildman–Crippen LogP) is 4.25. The van der Waals surface area contributed by atoms with E-state index in [-0.39, 0.29) is 11.0 Å². The van der Waals surface area contributed by atoms with Crippen molar-refractivity contribution in [2.75, 3.05) is 0 Å². The minimum Gasteiger partial charge on any atom is -0.422 e. The van der Waals surface area contributed by atoms with Crippen molar-refractivity contribution in [3.8, 4) is 0 Å². The van der Waals surface area contributed by atoms with E-state index in [1.807, 2.05) is 24.3 Å². The smallest absolute Gasteiger partial charge is 0.347 e. The second kappa shape index (κ2) is 5.76. The second-order valence-corrected chi connectivity index (χ2v) is 6.31. The predicted molar refractivity (Wildman–Crippen MR) is 95.5 cm³/mol. The number of fused-ring (bicyclic) bond motifs is 3. The summed E-state index contributed by atoms with van der Waals surface area (Å²) in [4.78, 5) is 24.6. The average molecular weight is 383 g/mol. The number of hydrogen-bond donors (Lipinski definition) is 0. The molecule has 4 aromatic rings. The lowest BCUT2D eigenvalue weighted by Crippen LogP contribution is -2.11. The molecule has 0 unspecified atom stereocenters. The Morgan fingerprint density at radius 1 is 0.792 bits per heavy atom. The fourth-order valence-corrected chi connectivity index (χ4v) is 3.16. The Kier molecular flexibility index (Phi) is 3.58. The largest absolute Gasteiger partial charge is 0.422 e. The summed E-state index contributed by atoms with van der Waals surface area (Å²) in [6.45, 7) is 0. The van der Waals surface area contributed by atoms with E-state index < -0.39 is 11.3 Å². The summed E-state index contributed by atoms with van der Waals surface area (Å²) < 4.78 is 11.7. The summed E-state index contributed by atoms with van der Waals surface area (Å²) in [5.74, 6) is 0. The van der Waals surface area contributed by atoms with E-state index in [1.165, 1.54) is 0 Å². The molecule has 0 aliphatic carbocycles. The topological polar surface area (TPSA) is 60.4 Å². The molecular formula is C19H11BrO4. The fraction of sp³-hybridized carbons (Fsp3) is 0.0526. The molecule has 4 nitrogen and oxygen atoms in total. The molecular weight excluding hydrogens is 372 g/mol. The summed E-state index contributed by atoms with van der Waals surface area (Å²) in [5, 5.41) is 0.881. The molecule has 0 aliphatic rings. The Hall–Kier alpha value is -2.66. The highest BCUT2D eigenvalue weighted by Crippen LogP contribution is 2.23. The van der Waals surface area contributed by atoms with E-state index in [0.29, 0.717) is 23.0 Å². The van der Waals surface area contributed by atoms with Crippen LogP contribution in [0.1, 0.15) is 11.1 Å². The molecule has 0 atom stereocenters. The Balaban J connectivity index is 1.96. The summed E-state index contributed by atoms with van der Waals surface area (Å²) in [5.41, 5.74) is 1.06. The lowest BCUT2D eigenvalue weighted by atomic mass is 10.1. The minimum absolute atomic E-state index is 0.266. The quantitative estimate of drug-likeness (QED) is 0.384. The molecule has 2 aromatic heterocycles. The molecule has 0 bridgehead atoms. The van der Waals surface area contributed by atoms with Gasteiger partial charge in [-0.3, -0.25) is 0 Å². The zero-order chi connectivity index (χ0) is 16.7. The van der Waals surface area contributed by atoms with Crippen LogP contribution in [0.4, 0.5) is 0 Å². The first-order chi connectivity index (χ1) is 11.6. The molecule has 0 fully saturated rings. The van der Waals surface area contributed by atoms with E-state index in [0.717, 1.165) is 10.0 Å². The second-order valence-electron chi connectivity index (χ2n) is 5.46. The van der Waals surface area contributed by atoms with Gasteiger partial charge in [0.05, 0.1) is 5.39 Å². The first-order valence-electron chi connectivity index (χ1n) is 7.35. The molecule has 5 heteroatoms. The highest BCUT2D eigenvalue weighted by molar-refractivity contribution is 9.10. The van der Waals surface area contributed by atoms with Crippen molar-refractivity contribution in [3.05, 3.63) is 91.0 Å². The van der Waals surface area contributed by atoms with Crippen LogP contribution in [0.5, 0.6) is 0 Å². The molecule has 24 heavy (non-hydrogen) atoms. The van der Waals surface area contributed by atoms with Crippen LogP contribution in [-0.4, -0.2) is 0 Å². The van der Waals surface area contributed by atoms with Gasteiger partial charge in [0.2, 0.25) is 0 Å². The number of hydrogen-bond acceptors (Lipinski definition) is 4. The first-order valence-corrected chi connectivity index (χ1v) is 8.15. The summed E-state index contributed by atoms with van der Waals surface area (Å²) >= 11 is 3.46. The van der Waals surface area contributed by atoms with Crippen LogP contribution in [0.2, 0.25) is 0 Å². The summed E-state index contributed by atoms with van der Waals surface area (Å²) in [6.07, 6.45) is 0.367. The van der Waals surface area contributed by atoms with Crippen LogP contribution in [0, 0.1) is 0 Å². The maximum atomic E-state index is 12.4. The fourth-order valence-electron chi connectivity index (χ4n) is 2.73. The summed E-state index contributed by atoms with van der Waals surface area (Å²) in [6, 6.07) is 16.2. The van der Waals surface area contributed by atoms with Crippen molar-refractivity contribution < 1.29 is 8.83 Å². The maximum Gasteiger partial charge on any atom is 0.347 e. The maximum absolute atomic E-state index is 12.4. The average Bonchev–Trinajstić information content (AvgIpc) is 2.58. The summed E-state index contributed by atoms with van der Waals surface area (Å²) in [7, 11) is 0. The van der Waals surface area contributed by atoms with E-state index in [2.05, 4.69) is 15.9 Å². The SMILES string of the molecule is O=c1oc2c(cc1Cc1ccccc1Br)c(=O)oc1ccccc12. The van der Waals surface area contributed by atoms with Crippen molar-refractivity contribution in [1.29, 1.82) is 0 Å². The van der Waals surface area contributed by atoms with Gasteiger partial charge in [0.15, 0.2) is 5.58 Å². The Morgan fingerprint density at radius 2 is 1.54 bits per heavy atom. The van der Waals surface area contributed by atoms with Crippen LogP contribution >= 0.6 is 15.9 Å². The van der Waals surface area contributed by atoms with Crippen molar-refractivity contribution >= 4 is 37.9 Å². The zero-order valence-corrected chi connectivity index (χ0v) is 14.0. The van der Waals surface area contributed by atoms with E-state index in [4.69, 9.17) is 8.83 Å². The van der Waals surface area contributed by atoms with E-state index in [9.17, 15) is 9.59 Å². The molecule has 0 saturated heterocycles. The third-order valence-electron chi connectivity index (χ3n) is 3.91. The van der Waals surface area contributed by atoms with Crippen LogP contribution < -0.4 is 11.3 Å². The van der Waals surface area contributed by atoms with Crippen molar-refractivity contribution in [1.82, 2.24) is 0 Å². The number of benzene rings is 2. The third-order valence-corrected chi connectivity index (χ3v) is 4.69. The van der Waals surface area contributed by atoms with Crippen molar-refractivity contribution in [2.24, 2.45) is 0 Å². The lowest BCUT2D eigenvalue weighted by molar-refractivity contribution is 0.537. The molecule has 0 N–H and O–H groups in total. The number of rotatable bonds is 2. The van der Waals surface area contributed by atoms with Crippen molar-refractivity contribution in [2.45, 2.75) is 6.42 Å². The normalized spacial score (nSPS) is 11.2. The van der Waals surface area contributed by atoms with Gasteiger partial charge in [-0.2, -0.15) is 0 Å². The first kappa shape index (κ1) is 14.9. The monoisotopic (exact) mass is 382 g/mol. The molecule has 0 amide bonds. The molecule has 0 aliphatic heterocycles. The third kappa shape index (κ3) is 2.47. The number of halogens is 1. The van der Waals surface area contributed by atoms with Crippen LogP contribution in [0.25, 0.3) is 21.9 Å². The van der Waals surface area contributed by atoms with Gasteiger partial charge in [0.25, 0.3) is 0 Å². The molecule has 0 spiro atoms. The highest BCUT2D eigenvalue weighted by atomic mass is 79.9. The van der Waals surface area contributed by atoms with Gasteiger partial charge in [0.1, 0.15) is 11.0 Å². The highest BCUT2D eigenvalue weighted by Gasteiger charge is 2.14. The van der Waals surface area contributed by atoms with Crippen LogP contribution in [-0.2, 0) is 6.42 Å². The Morgan fingerprint density at radius 3 is 2.38 bits per heavy atom. The molecule has 0 radical (unpaired) electrons. The van der Waals surface area contributed by atoms with Gasteiger partial charge >= 0.3 is 11.3 Å². The minimum atomic E-state index is -0.513. The van der Waals surface area contributed by atoms with Gasteiger partial charge in [-0.25, -0.2) is 9.59 Å². The molecule has 4 rings (SSSR count). The molecule has 0 saturated carbocycles. The zero-order valence-electron chi connectivity index (χ0n) is 12.4. The number of para-hydroxylation sites is 1. The lowest BCUT2D eigenvalue weighted by Gasteiger charge is -2.05. The van der Waals surface area contributed by atoms with Crippen LogP contribution in [0.3, 0.4) is 0 Å². The Bertz CT molecular complexity index is 1190. The van der Waals surface area contributed by atoms with E-state index >= 15 is 0 Å². The molecule has 2 aromatic carbocycles. The van der Waals surface area contributed by atoms with Crippen molar-refractivity contribution in [3.63, 3.8) is 0 Å². The van der Waals surface area contributed by atoms with Gasteiger partial charge in [-0.05, 0) is 29.8 Å². The van der Waals surface area contributed by atoms with Gasteiger partial charge < -0.3 is 8.83 Å². The molecule has 118 valence electrons. The van der Waals surface area contributed by atoms with Gasteiger partial charge in [0, 0.05) is 16.5 Å². The Labute approximate surface area is 144 Å². The van der Waals surface area contributed by atoms with Gasteiger partial charge in [-0.1, -0.05) is 46.3 Å². The molecule has 2 heterocycles. The van der Waals surface area contributed by atoms with Crippen LogP contribution in [0.15, 0.2) is 77.5 Å². The van der Waals surface area contributed by atoms with Gasteiger partial charge in [-0.15, -0.1) is 0 Å².